The minimum absolute atomic E-state index is 0.583. The molecule has 0 aromatic heterocycles. The molecule has 1 aromatic carbocycles. The van der Waals surface area contributed by atoms with Crippen molar-refractivity contribution in [1.82, 2.24) is 0 Å². The van der Waals surface area contributed by atoms with Gasteiger partial charge in [-0.3, -0.25) is 0 Å². The van der Waals surface area contributed by atoms with Crippen LogP contribution in [-0.4, -0.2) is 12.4 Å². The van der Waals surface area contributed by atoms with E-state index in [1.165, 1.54) is 0 Å². The Morgan fingerprint density at radius 3 is 2.33 bits per heavy atom. The second kappa shape index (κ2) is 6.60. The van der Waals surface area contributed by atoms with E-state index in [-0.39, 0.29) is 0 Å². The zero-order valence-electron chi connectivity index (χ0n) is 12.0. The van der Waals surface area contributed by atoms with Gasteiger partial charge < -0.3 is 9.47 Å². The molecule has 2 nitrogen and oxygen atoms in total. The van der Waals surface area contributed by atoms with Gasteiger partial charge >= 0.3 is 0 Å². The van der Waals surface area contributed by atoms with Crippen molar-refractivity contribution < 1.29 is 9.47 Å². The molecule has 0 bridgehead atoms. The average molecular weight is 248 g/mol. The molecule has 0 fully saturated rings. The van der Waals surface area contributed by atoms with Gasteiger partial charge in [-0.2, -0.15) is 0 Å². The molecule has 0 unspecified atom stereocenters. The number of unbranched alkanes of at least 4 members (excludes halogenated alkanes) is 1. The van der Waals surface area contributed by atoms with Crippen LogP contribution in [0.15, 0.2) is 30.8 Å². The van der Waals surface area contributed by atoms with Gasteiger partial charge in [0.15, 0.2) is 0 Å². The SMILES string of the molecule is C=C(C)c1ccc(OC(C)(C)OCCCC)cc1. The van der Waals surface area contributed by atoms with Crippen LogP contribution in [0.4, 0.5) is 0 Å². The van der Waals surface area contributed by atoms with E-state index in [1.807, 2.05) is 45.0 Å². The molecule has 100 valence electrons. The first-order valence-electron chi connectivity index (χ1n) is 6.53. The normalized spacial score (nSPS) is 11.3. The largest absolute Gasteiger partial charge is 0.463 e. The summed E-state index contributed by atoms with van der Waals surface area (Å²) >= 11 is 0. The summed E-state index contributed by atoms with van der Waals surface area (Å²) in [5, 5.41) is 0. The second-order valence-electron chi connectivity index (χ2n) is 5.01. The number of hydrogen-bond acceptors (Lipinski definition) is 2. The van der Waals surface area contributed by atoms with Crippen LogP contribution in [0.3, 0.4) is 0 Å². The fraction of sp³-hybridized carbons (Fsp3) is 0.500. The summed E-state index contributed by atoms with van der Waals surface area (Å²) in [7, 11) is 0. The molecule has 2 heteroatoms. The highest BCUT2D eigenvalue weighted by molar-refractivity contribution is 5.61. The van der Waals surface area contributed by atoms with Crippen molar-refractivity contribution in [2.45, 2.75) is 46.3 Å². The Balaban J connectivity index is 2.57. The Labute approximate surface area is 111 Å². The fourth-order valence-corrected chi connectivity index (χ4v) is 1.58. The van der Waals surface area contributed by atoms with Gasteiger partial charge in [0.2, 0.25) is 5.79 Å². The number of rotatable bonds is 7. The van der Waals surface area contributed by atoms with Crippen LogP contribution >= 0.6 is 0 Å². The van der Waals surface area contributed by atoms with E-state index in [0.29, 0.717) is 0 Å². The Morgan fingerprint density at radius 1 is 1.22 bits per heavy atom. The lowest BCUT2D eigenvalue weighted by atomic mass is 10.1. The quantitative estimate of drug-likeness (QED) is 0.516. The molecule has 0 heterocycles. The van der Waals surface area contributed by atoms with Crippen LogP contribution < -0.4 is 4.74 Å². The van der Waals surface area contributed by atoms with Gasteiger partial charge in [0.1, 0.15) is 5.75 Å². The maximum absolute atomic E-state index is 5.83. The first kappa shape index (κ1) is 14.8. The standard InChI is InChI=1S/C16H24O2/c1-6-7-12-17-16(4,5)18-15-10-8-14(9-11-15)13(2)3/h8-11H,2,6-7,12H2,1,3-5H3. The molecular formula is C16H24O2. The predicted molar refractivity (Wildman–Crippen MR) is 76.7 cm³/mol. The molecule has 0 N–H and O–H groups in total. The highest BCUT2D eigenvalue weighted by atomic mass is 16.7. The third-order valence-electron chi connectivity index (χ3n) is 2.66. The summed E-state index contributed by atoms with van der Waals surface area (Å²) < 4.78 is 11.5. The maximum Gasteiger partial charge on any atom is 0.204 e. The minimum Gasteiger partial charge on any atom is -0.463 e. The van der Waals surface area contributed by atoms with Crippen LogP contribution in [0, 0.1) is 0 Å². The summed E-state index contributed by atoms with van der Waals surface area (Å²) in [6.07, 6.45) is 2.19. The van der Waals surface area contributed by atoms with Crippen LogP contribution in [0.1, 0.15) is 46.1 Å². The molecule has 18 heavy (non-hydrogen) atoms. The second-order valence-corrected chi connectivity index (χ2v) is 5.01. The van der Waals surface area contributed by atoms with Gasteiger partial charge in [0, 0.05) is 13.8 Å². The molecule has 0 aliphatic rings. The third kappa shape index (κ3) is 4.92. The van der Waals surface area contributed by atoms with Crippen molar-refractivity contribution >= 4 is 5.57 Å². The summed E-state index contributed by atoms with van der Waals surface area (Å²) in [6, 6.07) is 7.93. The zero-order chi connectivity index (χ0) is 13.6. The van der Waals surface area contributed by atoms with Crippen LogP contribution in [0.2, 0.25) is 0 Å². The molecule has 0 radical (unpaired) electrons. The molecule has 0 saturated carbocycles. The fourth-order valence-electron chi connectivity index (χ4n) is 1.58. The maximum atomic E-state index is 5.83. The minimum atomic E-state index is -0.583. The van der Waals surface area contributed by atoms with Gasteiger partial charge in [-0.25, -0.2) is 0 Å². The summed E-state index contributed by atoms with van der Waals surface area (Å²) in [5.41, 5.74) is 2.19. The van der Waals surface area contributed by atoms with Crippen molar-refractivity contribution in [2.24, 2.45) is 0 Å². The summed E-state index contributed by atoms with van der Waals surface area (Å²) in [5.74, 6) is 0.237. The van der Waals surface area contributed by atoms with Gasteiger partial charge in [0.25, 0.3) is 0 Å². The van der Waals surface area contributed by atoms with E-state index < -0.39 is 5.79 Å². The topological polar surface area (TPSA) is 18.5 Å². The first-order valence-corrected chi connectivity index (χ1v) is 6.53. The molecule has 0 spiro atoms. The lowest BCUT2D eigenvalue weighted by molar-refractivity contribution is -0.156. The monoisotopic (exact) mass is 248 g/mol. The summed E-state index contributed by atoms with van der Waals surface area (Å²) in [6.45, 7) is 12.7. The number of hydrogen-bond donors (Lipinski definition) is 0. The number of ether oxygens (including phenoxy) is 2. The predicted octanol–water partition coefficient (Wildman–Crippen LogP) is 4.65. The third-order valence-corrected chi connectivity index (χ3v) is 2.66. The molecule has 1 aromatic rings. The first-order chi connectivity index (χ1) is 8.44. The summed E-state index contributed by atoms with van der Waals surface area (Å²) in [4.78, 5) is 0. The van der Waals surface area contributed by atoms with Gasteiger partial charge in [-0.1, -0.05) is 37.6 Å². The average Bonchev–Trinajstić information content (AvgIpc) is 2.29. The molecule has 0 aliphatic heterocycles. The smallest absolute Gasteiger partial charge is 0.204 e. The van der Waals surface area contributed by atoms with Crippen LogP contribution in [0.5, 0.6) is 5.75 Å². The lowest BCUT2D eigenvalue weighted by Crippen LogP contribution is -2.32. The van der Waals surface area contributed by atoms with Crippen molar-refractivity contribution in [3.05, 3.63) is 36.4 Å². The van der Waals surface area contributed by atoms with E-state index in [9.17, 15) is 0 Å². The van der Waals surface area contributed by atoms with Gasteiger partial charge in [-0.05, 0) is 31.0 Å². The van der Waals surface area contributed by atoms with E-state index in [2.05, 4.69) is 13.5 Å². The van der Waals surface area contributed by atoms with Crippen LogP contribution in [-0.2, 0) is 4.74 Å². The van der Waals surface area contributed by atoms with E-state index >= 15 is 0 Å². The molecule has 0 saturated heterocycles. The van der Waals surface area contributed by atoms with Crippen molar-refractivity contribution in [3.8, 4) is 5.75 Å². The van der Waals surface area contributed by atoms with Crippen molar-refractivity contribution in [1.29, 1.82) is 0 Å². The van der Waals surface area contributed by atoms with Crippen molar-refractivity contribution in [3.63, 3.8) is 0 Å². The van der Waals surface area contributed by atoms with Crippen LogP contribution in [0.25, 0.3) is 5.57 Å². The molecule has 1 rings (SSSR count). The number of benzene rings is 1. The Hall–Kier alpha value is -1.28. The molecular weight excluding hydrogens is 224 g/mol. The lowest BCUT2D eigenvalue weighted by Gasteiger charge is -2.26. The molecule has 0 amide bonds. The van der Waals surface area contributed by atoms with Crippen molar-refractivity contribution in [2.75, 3.05) is 6.61 Å². The molecule has 0 atom stereocenters. The van der Waals surface area contributed by atoms with E-state index in [1.54, 1.807) is 0 Å². The number of allylic oxidation sites excluding steroid dienone is 1. The highest BCUT2D eigenvalue weighted by Crippen LogP contribution is 2.22. The Morgan fingerprint density at radius 2 is 1.83 bits per heavy atom. The zero-order valence-corrected chi connectivity index (χ0v) is 12.0. The van der Waals surface area contributed by atoms with Gasteiger partial charge in [0.05, 0.1) is 6.61 Å². The van der Waals surface area contributed by atoms with Gasteiger partial charge in [-0.15, -0.1) is 0 Å². The Kier molecular flexibility index (Phi) is 5.42. The highest BCUT2D eigenvalue weighted by Gasteiger charge is 2.19. The Bertz CT molecular complexity index is 377. The van der Waals surface area contributed by atoms with E-state index in [0.717, 1.165) is 36.3 Å². The van der Waals surface area contributed by atoms with E-state index in [4.69, 9.17) is 9.47 Å². The molecule has 0 aliphatic carbocycles.